The number of aromatic nitrogens is 2. The van der Waals surface area contributed by atoms with Crippen molar-refractivity contribution >= 4 is 33.4 Å². The summed E-state index contributed by atoms with van der Waals surface area (Å²) < 4.78 is 0. The fraction of sp³-hybridized carbons (Fsp3) is 0.0526. The lowest BCUT2D eigenvalue weighted by Crippen LogP contribution is -2.12. The molecule has 0 atom stereocenters. The molecule has 0 aliphatic rings. The summed E-state index contributed by atoms with van der Waals surface area (Å²) in [7, 11) is 0. The SMILES string of the molecule is Cc1ccc2c(NC(=O)c3cc4ccccc4[nH]3)cccc2n1. The Bertz CT molecular complexity index is 1000. The minimum absolute atomic E-state index is 0.158. The summed E-state index contributed by atoms with van der Waals surface area (Å²) >= 11 is 0. The highest BCUT2D eigenvalue weighted by Crippen LogP contribution is 2.23. The predicted octanol–water partition coefficient (Wildman–Crippen LogP) is 4.28. The Kier molecular flexibility index (Phi) is 3.08. The van der Waals surface area contributed by atoms with E-state index in [9.17, 15) is 4.79 Å². The number of carbonyl (C=O) groups excluding carboxylic acids is 1. The number of rotatable bonds is 2. The lowest BCUT2D eigenvalue weighted by Gasteiger charge is -2.08. The Labute approximate surface area is 133 Å². The van der Waals surface area contributed by atoms with Crippen LogP contribution in [0.4, 0.5) is 5.69 Å². The highest BCUT2D eigenvalue weighted by Gasteiger charge is 2.11. The van der Waals surface area contributed by atoms with E-state index in [4.69, 9.17) is 0 Å². The molecule has 2 aromatic heterocycles. The van der Waals surface area contributed by atoms with Crippen molar-refractivity contribution in [1.82, 2.24) is 9.97 Å². The highest BCUT2D eigenvalue weighted by molar-refractivity contribution is 6.09. The van der Waals surface area contributed by atoms with Gasteiger partial charge in [-0.15, -0.1) is 0 Å². The van der Waals surface area contributed by atoms with E-state index in [2.05, 4.69) is 15.3 Å². The third-order valence-electron chi connectivity index (χ3n) is 3.89. The molecule has 4 aromatic rings. The number of para-hydroxylation sites is 1. The minimum Gasteiger partial charge on any atom is -0.351 e. The van der Waals surface area contributed by atoms with Crippen molar-refractivity contribution in [2.45, 2.75) is 6.92 Å². The van der Waals surface area contributed by atoms with Crippen LogP contribution in [0.25, 0.3) is 21.8 Å². The summed E-state index contributed by atoms with van der Waals surface area (Å²) in [5.74, 6) is -0.158. The predicted molar refractivity (Wildman–Crippen MR) is 92.7 cm³/mol. The first-order chi connectivity index (χ1) is 11.2. The Morgan fingerprint density at radius 1 is 1.04 bits per heavy atom. The number of nitrogens with zero attached hydrogens (tertiary/aromatic N) is 1. The first-order valence-corrected chi connectivity index (χ1v) is 7.46. The topological polar surface area (TPSA) is 57.8 Å². The number of anilines is 1. The molecule has 0 fully saturated rings. The molecule has 4 rings (SSSR count). The molecule has 4 heteroatoms. The van der Waals surface area contributed by atoms with E-state index in [-0.39, 0.29) is 5.91 Å². The summed E-state index contributed by atoms with van der Waals surface area (Å²) in [5, 5.41) is 4.93. The smallest absolute Gasteiger partial charge is 0.272 e. The van der Waals surface area contributed by atoms with Gasteiger partial charge in [0.15, 0.2) is 0 Å². The van der Waals surface area contributed by atoms with E-state index < -0.39 is 0 Å². The summed E-state index contributed by atoms with van der Waals surface area (Å²) in [5.41, 5.74) is 4.09. The molecule has 0 unspecified atom stereocenters. The average Bonchev–Trinajstić information content (AvgIpc) is 2.99. The summed E-state index contributed by atoms with van der Waals surface area (Å²) in [6, 6.07) is 19.4. The fourth-order valence-corrected chi connectivity index (χ4v) is 2.75. The molecule has 2 heterocycles. The maximum atomic E-state index is 12.5. The molecule has 0 radical (unpaired) electrons. The van der Waals surface area contributed by atoms with Crippen LogP contribution < -0.4 is 5.32 Å². The lowest BCUT2D eigenvalue weighted by molar-refractivity contribution is 0.102. The molecule has 0 saturated heterocycles. The lowest BCUT2D eigenvalue weighted by atomic mass is 10.1. The second-order valence-corrected chi connectivity index (χ2v) is 5.55. The fourth-order valence-electron chi connectivity index (χ4n) is 2.75. The van der Waals surface area contributed by atoms with Gasteiger partial charge in [0.05, 0.1) is 11.2 Å². The molecule has 0 bridgehead atoms. The Hall–Kier alpha value is -3.14. The van der Waals surface area contributed by atoms with Gasteiger partial charge in [-0.1, -0.05) is 24.3 Å². The van der Waals surface area contributed by atoms with Crippen molar-refractivity contribution < 1.29 is 4.79 Å². The summed E-state index contributed by atoms with van der Waals surface area (Å²) in [6.07, 6.45) is 0. The Balaban J connectivity index is 1.71. The second-order valence-electron chi connectivity index (χ2n) is 5.55. The van der Waals surface area contributed by atoms with E-state index in [1.54, 1.807) is 0 Å². The first-order valence-electron chi connectivity index (χ1n) is 7.46. The number of pyridine rings is 1. The molecule has 4 nitrogen and oxygen atoms in total. The molecule has 23 heavy (non-hydrogen) atoms. The molecule has 2 aromatic carbocycles. The summed E-state index contributed by atoms with van der Waals surface area (Å²) in [4.78, 5) is 20.2. The standard InChI is InChI=1S/C19H15N3O/c1-12-9-10-14-16(20-12)7-4-8-17(14)22-19(23)18-11-13-5-2-3-6-15(13)21-18/h2-11,21H,1H3,(H,22,23). The zero-order valence-electron chi connectivity index (χ0n) is 12.6. The minimum atomic E-state index is -0.158. The van der Waals surface area contributed by atoms with E-state index >= 15 is 0 Å². The zero-order chi connectivity index (χ0) is 15.8. The third-order valence-corrected chi connectivity index (χ3v) is 3.89. The molecule has 0 spiro atoms. The molecule has 112 valence electrons. The van der Waals surface area contributed by atoms with Crippen LogP contribution in [0.3, 0.4) is 0 Å². The number of fused-ring (bicyclic) bond motifs is 2. The quantitative estimate of drug-likeness (QED) is 0.580. The number of hydrogen-bond donors (Lipinski definition) is 2. The second kappa shape index (κ2) is 5.25. The Morgan fingerprint density at radius 3 is 2.78 bits per heavy atom. The van der Waals surface area contributed by atoms with Crippen LogP contribution in [0.2, 0.25) is 0 Å². The monoisotopic (exact) mass is 301 g/mol. The third kappa shape index (κ3) is 2.44. The highest BCUT2D eigenvalue weighted by atomic mass is 16.1. The number of amides is 1. The van der Waals surface area contributed by atoms with Gasteiger partial charge in [0, 0.05) is 22.0 Å². The van der Waals surface area contributed by atoms with Crippen LogP contribution in [0, 0.1) is 6.92 Å². The normalized spacial score (nSPS) is 11.0. The number of nitrogens with one attached hydrogen (secondary N) is 2. The van der Waals surface area contributed by atoms with Crippen LogP contribution in [-0.2, 0) is 0 Å². The van der Waals surface area contributed by atoms with Gasteiger partial charge >= 0.3 is 0 Å². The van der Waals surface area contributed by atoms with Crippen molar-refractivity contribution in [3.8, 4) is 0 Å². The number of carbonyl (C=O) groups is 1. The number of H-pyrrole nitrogens is 1. The Morgan fingerprint density at radius 2 is 1.91 bits per heavy atom. The van der Waals surface area contributed by atoms with Crippen LogP contribution in [0.1, 0.15) is 16.2 Å². The summed E-state index contributed by atoms with van der Waals surface area (Å²) in [6.45, 7) is 1.95. The van der Waals surface area contributed by atoms with E-state index in [1.807, 2.05) is 67.6 Å². The van der Waals surface area contributed by atoms with Crippen molar-refractivity contribution in [3.63, 3.8) is 0 Å². The first kappa shape index (κ1) is 13.5. The van der Waals surface area contributed by atoms with Crippen LogP contribution in [0.15, 0.2) is 60.7 Å². The molecular weight excluding hydrogens is 286 g/mol. The van der Waals surface area contributed by atoms with Crippen molar-refractivity contribution in [1.29, 1.82) is 0 Å². The van der Waals surface area contributed by atoms with Gasteiger partial charge in [0.25, 0.3) is 5.91 Å². The van der Waals surface area contributed by atoms with E-state index in [1.165, 1.54) is 0 Å². The van der Waals surface area contributed by atoms with Crippen LogP contribution >= 0.6 is 0 Å². The molecule has 0 aliphatic carbocycles. The van der Waals surface area contributed by atoms with Crippen LogP contribution in [-0.4, -0.2) is 15.9 Å². The largest absolute Gasteiger partial charge is 0.351 e. The maximum Gasteiger partial charge on any atom is 0.272 e. The van der Waals surface area contributed by atoms with Gasteiger partial charge in [-0.05, 0) is 43.3 Å². The van der Waals surface area contributed by atoms with Crippen molar-refractivity contribution in [2.24, 2.45) is 0 Å². The van der Waals surface area contributed by atoms with Gasteiger partial charge in [-0.25, -0.2) is 0 Å². The molecule has 0 aliphatic heterocycles. The van der Waals surface area contributed by atoms with Gasteiger partial charge in [-0.2, -0.15) is 0 Å². The van der Waals surface area contributed by atoms with Crippen molar-refractivity contribution in [2.75, 3.05) is 5.32 Å². The van der Waals surface area contributed by atoms with Gasteiger partial charge in [0.1, 0.15) is 5.69 Å². The zero-order valence-corrected chi connectivity index (χ0v) is 12.6. The number of aryl methyl sites for hydroxylation is 1. The molecule has 2 N–H and O–H groups in total. The van der Waals surface area contributed by atoms with Gasteiger partial charge in [-0.3, -0.25) is 9.78 Å². The van der Waals surface area contributed by atoms with Gasteiger partial charge in [0.2, 0.25) is 0 Å². The average molecular weight is 301 g/mol. The molecule has 0 saturated carbocycles. The van der Waals surface area contributed by atoms with Crippen LogP contribution in [0.5, 0.6) is 0 Å². The number of hydrogen-bond acceptors (Lipinski definition) is 2. The molecule has 1 amide bonds. The maximum absolute atomic E-state index is 12.5. The number of aromatic amines is 1. The van der Waals surface area contributed by atoms with Crippen molar-refractivity contribution in [3.05, 3.63) is 72.1 Å². The van der Waals surface area contributed by atoms with E-state index in [0.29, 0.717) is 5.69 Å². The van der Waals surface area contributed by atoms with Gasteiger partial charge < -0.3 is 10.3 Å². The van der Waals surface area contributed by atoms with E-state index in [0.717, 1.165) is 33.2 Å². The molecular formula is C19H15N3O. The number of benzene rings is 2.